The third kappa shape index (κ3) is 7.25. The monoisotopic (exact) mass is 431 g/mol. The van der Waals surface area contributed by atoms with Gasteiger partial charge in [-0.05, 0) is 41.9 Å². The normalized spacial score (nSPS) is 9.35. The average Bonchev–Trinajstić information content (AvgIpc) is 2.65. The van der Waals surface area contributed by atoms with E-state index in [9.17, 15) is 0 Å². The van der Waals surface area contributed by atoms with Crippen LogP contribution in [0.2, 0.25) is 0 Å². The smallest absolute Gasteiger partial charge is 0.191 e. The van der Waals surface area contributed by atoms with Crippen LogP contribution >= 0.6 is 51.2 Å². The number of halogens is 2. The first-order valence-electron chi connectivity index (χ1n) is 5.52. The van der Waals surface area contributed by atoms with Gasteiger partial charge in [0.25, 0.3) is 0 Å². The minimum atomic E-state index is 0. The second kappa shape index (κ2) is 10.1. The third-order valence-electron chi connectivity index (χ3n) is 1.95. The van der Waals surface area contributed by atoms with Gasteiger partial charge >= 0.3 is 0 Å². The van der Waals surface area contributed by atoms with Crippen LogP contribution in [0.15, 0.2) is 20.9 Å². The molecule has 2 N–H and O–H groups in total. The SMILES string of the molecule is CCNC(=NCCc1ccc(Br)s1)NCC.I. The molecule has 0 aliphatic rings. The van der Waals surface area contributed by atoms with Crippen molar-refractivity contribution in [2.75, 3.05) is 19.6 Å². The van der Waals surface area contributed by atoms with Crippen LogP contribution < -0.4 is 10.6 Å². The molecule has 6 heteroatoms. The number of rotatable bonds is 5. The number of hydrogen-bond donors (Lipinski definition) is 2. The van der Waals surface area contributed by atoms with Crippen LogP contribution in [0, 0.1) is 0 Å². The Morgan fingerprint density at radius 1 is 1.29 bits per heavy atom. The lowest BCUT2D eigenvalue weighted by atomic mass is 10.3. The largest absolute Gasteiger partial charge is 0.357 e. The molecule has 0 spiro atoms. The van der Waals surface area contributed by atoms with Crippen molar-refractivity contribution in [3.05, 3.63) is 20.8 Å². The van der Waals surface area contributed by atoms with E-state index in [4.69, 9.17) is 0 Å². The lowest BCUT2D eigenvalue weighted by molar-refractivity contribution is 0.835. The minimum Gasteiger partial charge on any atom is -0.357 e. The van der Waals surface area contributed by atoms with Gasteiger partial charge < -0.3 is 10.6 Å². The van der Waals surface area contributed by atoms with Gasteiger partial charge in [0, 0.05) is 30.9 Å². The summed E-state index contributed by atoms with van der Waals surface area (Å²) in [6, 6.07) is 4.23. The van der Waals surface area contributed by atoms with E-state index in [0.29, 0.717) is 0 Å². The Balaban J connectivity index is 0.00000256. The Hall–Kier alpha value is 0.180. The van der Waals surface area contributed by atoms with Crippen LogP contribution in [0.4, 0.5) is 0 Å². The Labute approximate surface area is 133 Å². The molecule has 0 bridgehead atoms. The van der Waals surface area contributed by atoms with E-state index in [1.807, 2.05) is 0 Å². The van der Waals surface area contributed by atoms with Crippen molar-refractivity contribution in [1.82, 2.24) is 10.6 Å². The predicted octanol–water partition coefficient (Wildman–Crippen LogP) is 3.25. The number of thiophene rings is 1. The first kappa shape index (κ1) is 17.2. The van der Waals surface area contributed by atoms with E-state index < -0.39 is 0 Å². The predicted molar refractivity (Wildman–Crippen MR) is 90.8 cm³/mol. The van der Waals surface area contributed by atoms with Crippen molar-refractivity contribution in [3.8, 4) is 0 Å². The third-order valence-corrected chi connectivity index (χ3v) is 3.63. The lowest BCUT2D eigenvalue weighted by Crippen LogP contribution is -2.37. The van der Waals surface area contributed by atoms with Crippen molar-refractivity contribution in [2.24, 2.45) is 4.99 Å². The first-order valence-corrected chi connectivity index (χ1v) is 7.13. The Bertz CT molecular complexity index is 333. The molecule has 0 saturated carbocycles. The fourth-order valence-corrected chi connectivity index (χ4v) is 2.75. The zero-order chi connectivity index (χ0) is 11.8. The summed E-state index contributed by atoms with van der Waals surface area (Å²) in [4.78, 5) is 5.86. The van der Waals surface area contributed by atoms with Crippen molar-refractivity contribution in [1.29, 1.82) is 0 Å². The molecule has 0 atom stereocenters. The fourth-order valence-electron chi connectivity index (χ4n) is 1.27. The molecular weight excluding hydrogens is 413 g/mol. The van der Waals surface area contributed by atoms with E-state index in [1.54, 1.807) is 11.3 Å². The number of nitrogens with zero attached hydrogens (tertiary/aromatic N) is 1. The van der Waals surface area contributed by atoms with Gasteiger partial charge in [-0.3, -0.25) is 4.99 Å². The molecule has 1 rings (SSSR count). The molecule has 0 amide bonds. The van der Waals surface area contributed by atoms with Gasteiger partial charge in [0.05, 0.1) is 3.79 Å². The van der Waals surface area contributed by atoms with Gasteiger partial charge in [-0.25, -0.2) is 0 Å². The van der Waals surface area contributed by atoms with Crippen LogP contribution in [-0.4, -0.2) is 25.6 Å². The molecule has 3 nitrogen and oxygen atoms in total. The molecule has 0 aliphatic carbocycles. The molecule has 1 aromatic rings. The number of guanidine groups is 1. The van der Waals surface area contributed by atoms with Gasteiger partial charge in [-0.15, -0.1) is 35.3 Å². The molecule has 0 aromatic carbocycles. The molecule has 1 aromatic heterocycles. The molecule has 98 valence electrons. The standard InChI is InChI=1S/C11H18BrN3S.HI/c1-3-13-11(14-4-2)15-8-7-9-5-6-10(12)16-9;/h5-6H,3-4,7-8H2,1-2H3,(H2,13,14,15);1H. The average molecular weight is 432 g/mol. The molecule has 1 heterocycles. The summed E-state index contributed by atoms with van der Waals surface area (Å²) in [6.07, 6.45) is 0.997. The zero-order valence-corrected chi connectivity index (χ0v) is 14.9. The summed E-state index contributed by atoms with van der Waals surface area (Å²) in [5.41, 5.74) is 0. The Morgan fingerprint density at radius 3 is 2.41 bits per heavy atom. The van der Waals surface area contributed by atoms with Crippen molar-refractivity contribution in [2.45, 2.75) is 20.3 Å². The van der Waals surface area contributed by atoms with E-state index in [2.05, 4.69) is 57.5 Å². The Morgan fingerprint density at radius 2 is 1.94 bits per heavy atom. The Kier molecular flexibility index (Phi) is 10.2. The van der Waals surface area contributed by atoms with Gasteiger partial charge in [0.2, 0.25) is 0 Å². The van der Waals surface area contributed by atoms with Crippen molar-refractivity contribution < 1.29 is 0 Å². The van der Waals surface area contributed by atoms with Gasteiger partial charge in [-0.1, -0.05) is 0 Å². The molecule has 0 fully saturated rings. The molecule has 0 unspecified atom stereocenters. The topological polar surface area (TPSA) is 36.4 Å². The summed E-state index contributed by atoms with van der Waals surface area (Å²) in [7, 11) is 0. The first-order chi connectivity index (χ1) is 7.76. The highest BCUT2D eigenvalue weighted by Gasteiger charge is 1.98. The number of hydrogen-bond acceptors (Lipinski definition) is 2. The summed E-state index contributed by atoms with van der Waals surface area (Å²) < 4.78 is 1.19. The fraction of sp³-hybridized carbons (Fsp3) is 0.545. The van der Waals surface area contributed by atoms with Gasteiger partial charge in [-0.2, -0.15) is 0 Å². The summed E-state index contributed by atoms with van der Waals surface area (Å²) in [6.45, 7) is 6.77. The highest BCUT2D eigenvalue weighted by atomic mass is 127. The summed E-state index contributed by atoms with van der Waals surface area (Å²) >= 11 is 5.23. The van der Waals surface area contributed by atoms with Crippen LogP contribution in [0.3, 0.4) is 0 Å². The maximum atomic E-state index is 4.49. The second-order valence-electron chi connectivity index (χ2n) is 3.25. The van der Waals surface area contributed by atoms with Crippen molar-refractivity contribution in [3.63, 3.8) is 0 Å². The van der Waals surface area contributed by atoms with Crippen LogP contribution in [0.25, 0.3) is 0 Å². The maximum absolute atomic E-state index is 4.49. The highest BCUT2D eigenvalue weighted by Crippen LogP contribution is 2.22. The highest BCUT2D eigenvalue weighted by molar-refractivity contribution is 14.0. The molecule has 0 saturated heterocycles. The zero-order valence-electron chi connectivity index (χ0n) is 10.1. The van der Waals surface area contributed by atoms with E-state index in [-0.39, 0.29) is 24.0 Å². The van der Waals surface area contributed by atoms with E-state index >= 15 is 0 Å². The lowest BCUT2D eigenvalue weighted by Gasteiger charge is -2.08. The van der Waals surface area contributed by atoms with Crippen LogP contribution in [-0.2, 0) is 6.42 Å². The molecular formula is C11H19BrIN3S. The number of aliphatic imine (C=N–C) groups is 1. The molecule has 17 heavy (non-hydrogen) atoms. The maximum Gasteiger partial charge on any atom is 0.191 e. The van der Waals surface area contributed by atoms with Gasteiger partial charge in [0.15, 0.2) is 5.96 Å². The van der Waals surface area contributed by atoms with Crippen molar-refractivity contribution >= 4 is 57.2 Å². The van der Waals surface area contributed by atoms with E-state index in [0.717, 1.165) is 32.0 Å². The van der Waals surface area contributed by atoms with Crippen LogP contribution in [0.5, 0.6) is 0 Å². The second-order valence-corrected chi connectivity index (χ2v) is 5.79. The summed E-state index contributed by atoms with van der Waals surface area (Å²) in [5.74, 6) is 0.903. The molecule has 0 radical (unpaired) electrons. The van der Waals surface area contributed by atoms with Crippen LogP contribution in [0.1, 0.15) is 18.7 Å². The van der Waals surface area contributed by atoms with Gasteiger partial charge in [0.1, 0.15) is 0 Å². The number of nitrogens with one attached hydrogen (secondary N) is 2. The molecule has 0 aliphatic heterocycles. The van der Waals surface area contributed by atoms with E-state index in [1.165, 1.54) is 8.66 Å². The quantitative estimate of drug-likeness (QED) is 0.426. The minimum absolute atomic E-state index is 0. The summed E-state index contributed by atoms with van der Waals surface area (Å²) in [5, 5.41) is 6.42.